The first-order valence-corrected chi connectivity index (χ1v) is 13.4. The van der Waals surface area contributed by atoms with Crippen LogP contribution in [0.1, 0.15) is 53.0 Å². The van der Waals surface area contributed by atoms with Gasteiger partial charge in [0.1, 0.15) is 6.10 Å². The van der Waals surface area contributed by atoms with Crippen LogP contribution in [0.25, 0.3) is 0 Å². The molecule has 4 N–H and O–H groups in total. The number of ether oxygens (including phenoxy) is 1. The molecule has 1 saturated carbocycles. The Labute approximate surface area is 223 Å². The van der Waals surface area contributed by atoms with Crippen molar-refractivity contribution in [1.82, 2.24) is 19.8 Å². The summed E-state index contributed by atoms with van der Waals surface area (Å²) >= 11 is 1.61. The highest BCUT2D eigenvalue weighted by Gasteiger charge is 2.31. The first-order chi connectivity index (χ1) is 18.2. The van der Waals surface area contributed by atoms with Crippen molar-refractivity contribution >= 4 is 29.2 Å². The number of carboxylic acids is 2. The number of aliphatic carboxylic acids is 2. The molecule has 38 heavy (non-hydrogen) atoms. The molecule has 2 aromatic heterocycles. The number of fused-ring (bicyclic) bond motifs is 1. The number of likely N-dealkylation sites (tertiary alicyclic amines) is 1. The number of aromatic nitrogens is 2. The molecule has 0 bridgehead atoms. The number of piperidine rings is 1. The van der Waals surface area contributed by atoms with E-state index in [-0.39, 0.29) is 12.0 Å². The van der Waals surface area contributed by atoms with Crippen LogP contribution in [0.15, 0.2) is 24.5 Å². The van der Waals surface area contributed by atoms with E-state index in [4.69, 9.17) is 30.1 Å². The molecule has 12 nitrogen and oxygen atoms in total. The second-order valence-electron chi connectivity index (χ2n) is 9.57. The number of hydrogen-bond acceptors (Lipinski definition) is 10. The van der Waals surface area contributed by atoms with Gasteiger partial charge in [-0.25, -0.2) is 14.6 Å². The second-order valence-corrected chi connectivity index (χ2v) is 10.6. The van der Waals surface area contributed by atoms with Gasteiger partial charge in [-0.05, 0) is 37.8 Å². The molecule has 2 unspecified atom stereocenters. The average Bonchev–Trinajstić information content (AvgIpc) is 3.29. The molecule has 3 aliphatic rings. The SMILES string of the molecule is O=C(O)C(O)C(O)C(=O)O.O=C(c1cccnc1)N1CCc2nc(OC3CCN(C4CCC4)CC3)sc2C1. The Balaban J connectivity index is 0.000000289. The van der Waals surface area contributed by atoms with E-state index in [2.05, 4.69) is 9.88 Å². The Kier molecular flexibility index (Phi) is 9.26. The minimum Gasteiger partial charge on any atom is -0.479 e. The standard InChI is InChI=1S/C21H26N4O2S.C4H6O6/c26-20(15-3-2-9-22-13-15)25-12-8-18-19(14-25)28-21(23-18)27-17-6-10-24(11-7-17)16-4-1-5-16;5-1(3(7)8)2(6)4(9)10/h2-3,9,13,16-17H,1,4-8,10-12,14H2;1-2,5-6H,(H,7,8)(H,9,10). The van der Waals surface area contributed by atoms with E-state index in [0.29, 0.717) is 18.7 Å². The number of rotatable bonds is 7. The molecule has 5 rings (SSSR count). The first-order valence-electron chi connectivity index (χ1n) is 12.6. The summed E-state index contributed by atoms with van der Waals surface area (Å²) in [5.74, 6) is -3.50. The van der Waals surface area contributed by atoms with Crippen molar-refractivity contribution in [2.24, 2.45) is 0 Å². The van der Waals surface area contributed by atoms with Crippen LogP contribution in [0.3, 0.4) is 0 Å². The van der Waals surface area contributed by atoms with Crippen LogP contribution in [-0.4, -0.2) is 102 Å². The normalized spacial score (nSPS) is 19.8. The number of amides is 1. The van der Waals surface area contributed by atoms with E-state index < -0.39 is 24.1 Å². The minimum atomic E-state index is -2.27. The monoisotopic (exact) mass is 548 g/mol. The van der Waals surface area contributed by atoms with E-state index >= 15 is 0 Å². The summed E-state index contributed by atoms with van der Waals surface area (Å²) in [6, 6.07) is 4.45. The molecule has 0 spiro atoms. The van der Waals surface area contributed by atoms with Crippen LogP contribution in [0.4, 0.5) is 0 Å². The highest BCUT2D eigenvalue weighted by molar-refractivity contribution is 7.13. The molecule has 0 radical (unpaired) electrons. The van der Waals surface area contributed by atoms with E-state index in [1.807, 2.05) is 11.0 Å². The summed E-state index contributed by atoms with van der Waals surface area (Å²) in [4.78, 5) is 46.7. The van der Waals surface area contributed by atoms with Gasteiger partial charge in [0, 0.05) is 44.5 Å². The van der Waals surface area contributed by atoms with Crippen LogP contribution in [0.2, 0.25) is 0 Å². The van der Waals surface area contributed by atoms with Gasteiger partial charge in [-0.1, -0.05) is 17.8 Å². The van der Waals surface area contributed by atoms with Gasteiger partial charge in [-0.2, -0.15) is 0 Å². The molecule has 206 valence electrons. The van der Waals surface area contributed by atoms with E-state index in [1.54, 1.807) is 29.8 Å². The molecule has 0 aromatic carbocycles. The molecule has 2 atom stereocenters. The number of carbonyl (C=O) groups excluding carboxylic acids is 1. The van der Waals surface area contributed by atoms with E-state index in [9.17, 15) is 14.4 Å². The molecular weight excluding hydrogens is 516 g/mol. The van der Waals surface area contributed by atoms with Gasteiger partial charge in [0.2, 0.25) is 0 Å². The lowest BCUT2D eigenvalue weighted by Crippen LogP contribution is -2.46. The van der Waals surface area contributed by atoms with Gasteiger partial charge in [0.15, 0.2) is 12.2 Å². The largest absolute Gasteiger partial charge is 0.479 e. The second kappa shape index (κ2) is 12.6. The Morgan fingerprint density at radius 3 is 2.26 bits per heavy atom. The molecule has 2 aliphatic heterocycles. The molecular formula is C25H32N4O8S. The molecule has 4 heterocycles. The van der Waals surface area contributed by atoms with Crippen LogP contribution in [0.5, 0.6) is 5.19 Å². The summed E-state index contributed by atoms with van der Waals surface area (Å²) in [5, 5.41) is 33.3. The molecule has 1 amide bonds. The van der Waals surface area contributed by atoms with Gasteiger partial charge in [-0.15, -0.1) is 0 Å². The maximum absolute atomic E-state index is 12.7. The minimum absolute atomic E-state index is 0.0398. The summed E-state index contributed by atoms with van der Waals surface area (Å²) in [6.45, 7) is 3.61. The quantitative estimate of drug-likeness (QED) is 0.389. The topological polar surface area (TPSA) is 174 Å². The molecule has 2 fully saturated rings. The average molecular weight is 549 g/mol. The van der Waals surface area contributed by atoms with Crippen LogP contribution in [-0.2, 0) is 22.6 Å². The Morgan fingerprint density at radius 1 is 1.03 bits per heavy atom. The van der Waals surface area contributed by atoms with Crippen molar-refractivity contribution in [1.29, 1.82) is 0 Å². The van der Waals surface area contributed by atoms with Crippen molar-refractivity contribution in [2.75, 3.05) is 19.6 Å². The summed E-state index contributed by atoms with van der Waals surface area (Å²) < 4.78 is 6.24. The van der Waals surface area contributed by atoms with E-state index in [0.717, 1.165) is 54.2 Å². The molecule has 13 heteroatoms. The van der Waals surface area contributed by atoms with Crippen LogP contribution in [0, 0.1) is 0 Å². The zero-order chi connectivity index (χ0) is 27.2. The van der Waals surface area contributed by atoms with Crippen molar-refractivity contribution in [3.63, 3.8) is 0 Å². The number of thiazole rings is 1. The number of hydrogen-bond donors (Lipinski definition) is 4. The van der Waals surface area contributed by atoms with Gasteiger partial charge in [0.05, 0.1) is 22.7 Å². The van der Waals surface area contributed by atoms with Crippen molar-refractivity contribution in [3.05, 3.63) is 40.7 Å². The smallest absolute Gasteiger partial charge is 0.335 e. The van der Waals surface area contributed by atoms with Gasteiger partial charge < -0.3 is 35.0 Å². The summed E-state index contributed by atoms with van der Waals surface area (Å²) in [7, 11) is 0. The third kappa shape index (κ3) is 6.84. The predicted octanol–water partition coefficient (Wildman–Crippen LogP) is 1.01. The zero-order valence-electron chi connectivity index (χ0n) is 20.8. The highest BCUT2D eigenvalue weighted by Crippen LogP contribution is 2.33. The van der Waals surface area contributed by atoms with Gasteiger partial charge >= 0.3 is 11.9 Å². The summed E-state index contributed by atoms with van der Waals surface area (Å²) in [6.07, 6.45) is 6.18. The lowest BCUT2D eigenvalue weighted by molar-refractivity contribution is -0.165. The molecule has 1 aliphatic carbocycles. The number of nitrogens with zero attached hydrogens (tertiary/aromatic N) is 4. The Hall–Kier alpha value is -3.13. The number of aliphatic hydroxyl groups excluding tert-OH is 2. The number of pyridine rings is 1. The zero-order valence-corrected chi connectivity index (χ0v) is 21.6. The van der Waals surface area contributed by atoms with Crippen molar-refractivity contribution in [3.8, 4) is 5.19 Å². The van der Waals surface area contributed by atoms with Gasteiger partial charge in [0.25, 0.3) is 11.1 Å². The molecule has 1 saturated heterocycles. The lowest BCUT2D eigenvalue weighted by atomic mass is 9.90. The fraction of sp³-hybridized carbons (Fsp3) is 0.560. The van der Waals surface area contributed by atoms with E-state index in [1.165, 1.54) is 19.3 Å². The van der Waals surface area contributed by atoms with Crippen LogP contribution >= 0.6 is 11.3 Å². The summed E-state index contributed by atoms with van der Waals surface area (Å²) in [5.41, 5.74) is 1.74. The molecule has 2 aromatic rings. The van der Waals surface area contributed by atoms with Crippen LogP contribution < -0.4 is 4.74 Å². The maximum Gasteiger partial charge on any atom is 0.335 e. The third-order valence-electron chi connectivity index (χ3n) is 7.05. The first kappa shape index (κ1) is 27.9. The van der Waals surface area contributed by atoms with Gasteiger partial charge in [-0.3, -0.25) is 9.78 Å². The number of carboxylic acid groups (broad SMARTS) is 2. The third-order valence-corrected chi connectivity index (χ3v) is 8.02. The Morgan fingerprint density at radius 2 is 1.71 bits per heavy atom. The Bertz CT molecular complexity index is 1100. The highest BCUT2D eigenvalue weighted by atomic mass is 32.1. The fourth-order valence-electron chi connectivity index (χ4n) is 4.59. The maximum atomic E-state index is 12.7. The lowest BCUT2D eigenvalue weighted by Gasteiger charge is -2.41. The number of aliphatic hydroxyl groups is 2. The number of carbonyl (C=O) groups is 3. The van der Waals surface area contributed by atoms with Crippen molar-refractivity contribution < 1.29 is 39.5 Å². The fourth-order valence-corrected chi connectivity index (χ4v) is 5.63. The van der Waals surface area contributed by atoms with Crippen molar-refractivity contribution in [2.45, 2.75) is 69.4 Å². The predicted molar refractivity (Wildman–Crippen MR) is 135 cm³/mol.